The number of carbonyl (C=O) groups is 3. The second kappa shape index (κ2) is 8.05. The molecule has 4 fully saturated rings. The maximum Gasteiger partial charge on any atom is 0.335 e. The van der Waals surface area contributed by atoms with E-state index in [9.17, 15) is 14.4 Å². The summed E-state index contributed by atoms with van der Waals surface area (Å²) >= 11 is 0. The molecule has 0 saturated heterocycles. The molecule has 156 valence electrons. The van der Waals surface area contributed by atoms with Crippen molar-refractivity contribution in [1.29, 1.82) is 0 Å². The average Bonchev–Trinajstić information content (AvgIpc) is 2.65. The zero-order chi connectivity index (χ0) is 20.4. The molecule has 4 N–H and O–H groups in total. The molecule has 4 bridgehead atoms. The Bertz CT molecular complexity index is 754. The van der Waals surface area contributed by atoms with Gasteiger partial charge in [-0.25, -0.2) is 9.59 Å². The summed E-state index contributed by atoms with van der Waals surface area (Å²) in [6, 6.07) is 6.23. The predicted molar refractivity (Wildman–Crippen MR) is 107 cm³/mol. The van der Waals surface area contributed by atoms with Crippen LogP contribution in [0.15, 0.2) is 24.3 Å². The highest BCUT2D eigenvalue weighted by Crippen LogP contribution is 2.55. The van der Waals surface area contributed by atoms with E-state index >= 15 is 0 Å². The van der Waals surface area contributed by atoms with Crippen molar-refractivity contribution in [2.75, 3.05) is 6.54 Å². The van der Waals surface area contributed by atoms with E-state index in [2.05, 4.69) is 16.0 Å². The van der Waals surface area contributed by atoms with Crippen molar-refractivity contribution in [2.45, 2.75) is 57.0 Å². The number of rotatable bonds is 7. The molecular formula is C22H29N3O4. The van der Waals surface area contributed by atoms with Crippen LogP contribution in [0.4, 0.5) is 4.79 Å². The zero-order valence-electron chi connectivity index (χ0n) is 16.6. The van der Waals surface area contributed by atoms with Crippen LogP contribution in [0.25, 0.3) is 0 Å². The molecule has 29 heavy (non-hydrogen) atoms. The van der Waals surface area contributed by atoms with Crippen LogP contribution < -0.4 is 16.0 Å². The predicted octanol–water partition coefficient (Wildman–Crippen LogP) is 2.66. The summed E-state index contributed by atoms with van der Waals surface area (Å²) < 4.78 is 0. The van der Waals surface area contributed by atoms with Gasteiger partial charge in [0.05, 0.1) is 5.56 Å². The van der Waals surface area contributed by atoms with Gasteiger partial charge in [-0.2, -0.15) is 0 Å². The lowest BCUT2D eigenvalue weighted by Gasteiger charge is -2.56. The van der Waals surface area contributed by atoms with Gasteiger partial charge in [0, 0.05) is 25.0 Å². The van der Waals surface area contributed by atoms with Gasteiger partial charge in [-0.05, 0) is 74.0 Å². The van der Waals surface area contributed by atoms with Crippen molar-refractivity contribution >= 4 is 17.9 Å². The van der Waals surface area contributed by atoms with Gasteiger partial charge in [0.25, 0.3) is 0 Å². The van der Waals surface area contributed by atoms with E-state index in [-0.39, 0.29) is 29.5 Å². The molecule has 0 spiro atoms. The number of hydrogen-bond donors (Lipinski definition) is 4. The normalized spacial score (nSPS) is 29.3. The van der Waals surface area contributed by atoms with Crippen molar-refractivity contribution < 1.29 is 19.5 Å². The summed E-state index contributed by atoms with van der Waals surface area (Å²) in [5.74, 6) is 1.20. The summed E-state index contributed by atoms with van der Waals surface area (Å²) in [5.41, 5.74) is 1.02. The van der Waals surface area contributed by atoms with Crippen LogP contribution in [-0.4, -0.2) is 35.1 Å². The Morgan fingerprint density at radius 2 is 1.52 bits per heavy atom. The van der Waals surface area contributed by atoms with Crippen LogP contribution >= 0.6 is 0 Å². The van der Waals surface area contributed by atoms with E-state index in [1.807, 2.05) is 0 Å². The Morgan fingerprint density at radius 1 is 0.931 bits per heavy atom. The fourth-order valence-corrected chi connectivity index (χ4v) is 5.89. The van der Waals surface area contributed by atoms with Gasteiger partial charge in [-0.3, -0.25) is 4.79 Å². The molecule has 3 amide bonds. The van der Waals surface area contributed by atoms with Crippen molar-refractivity contribution in [2.24, 2.45) is 17.8 Å². The van der Waals surface area contributed by atoms with Gasteiger partial charge in [-0.15, -0.1) is 0 Å². The zero-order valence-corrected chi connectivity index (χ0v) is 16.6. The first kappa shape index (κ1) is 19.7. The molecule has 0 aliphatic heterocycles. The smallest absolute Gasteiger partial charge is 0.335 e. The largest absolute Gasteiger partial charge is 0.478 e. The van der Waals surface area contributed by atoms with Crippen molar-refractivity contribution in [1.82, 2.24) is 16.0 Å². The molecule has 0 heterocycles. The Labute approximate surface area is 170 Å². The van der Waals surface area contributed by atoms with Crippen LogP contribution in [0.2, 0.25) is 0 Å². The summed E-state index contributed by atoms with van der Waals surface area (Å²) in [6.07, 6.45) is 7.53. The van der Waals surface area contributed by atoms with Crippen LogP contribution in [0.1, 0.15) is 60.9 Å². The third-order valence-corrected chi connectivity index (χ3v) is 6.75. The number of urea groups is 1. The Morgan fingerprint density at radius 3 is 2.07 bits per heavy atom. The molecule has 0 unspecified atom stereocenters. The minimum absolute atomic E-state index is 0.0246. The molecule has 7 heteroatoms. The lowest BCUT2D eigenvalue weighted by atomic mass is 9.53. The molecule has 0 aromatic heterocycles. The van der Waals surface area contributed by atoms with Gasteiger partial charge in [0.2, 0.25) is 5.91 Å². The molecule has 4 saturated carbocycles. The lowest BCUT2D eigenvalue weighted by Crippen LogP contribution is -2.61. The number of carbonyl (C=O) groups excluding carboxylic acids is 2. The minimum atomic E-state index is -0.974. The third-order valence-electron chi connectivity index (χ3n) is 6.75. The number of hydrogen-bond acceptors (Lipinski definition) is 3. The van der Waals surface area contributed by atoms with Gasteiger partial charge in [0.1, 0.15) is 0 Å². The molecule has 4 aliphatic rings. The highest BCUT2D eigenvalue weighted by atomic mass is 16.4. The van der Waals surface area contributed by atoms with Crippen molar-refractivity contribution in [3.8, 4) is 0 Å². The fourth-order valence-electron chi connectivity index (χ4n) is 5.89. The number of aromatic carboxylic acids is 1. The van der Waals surface area contributed by atoms with E-state index in [1.165, 1.54) is 31.4 Å². The first-order valence-electron chi connectivity index (χ1n) is 10.6. The van der Waals surface area contributed by atoms with E-state index in [0.717, 1.165) is 42.6 Å². The highest BCUT2D eigenvalue weighted by Gasteiger charge is 2.51. The van der Waals surface area contributed by atoms with E-state index < -0.39 is 5.97 Å². The van der Waals surface area contributed by atoms with Crippen LogP contribution in [0.3, 0.4) is 0 Å². The van der Waals surface area contributed by atoms with E-state index in [1.54, 1.807) is 12.1 Å². The highest BCUT2D eigenvalue weighted by molar-refractivity contribution is 5.87. The summed E-state index contributed by atoms with van der Waals surface area (Å²) in [4.78, 5) is 35.2. The number of benzene rings is 1. The first-order valence-corrected chi connectivity index (χ1v) is 10.6. The SMILES string of the molecule is O=C(CCNC(=O)NC12CC3CC(CC(C3)C1)C2)NCc1ccc(C(=O)O)cc1. The second-order valence-corrected chi connectivity index (χ2v) is 9.11. The lowest BCUT2D eigenvalue weighted by molar-refractivity contribution is -0.121. The van der Waals surface area contributed by atoms with E-state index in [0.29, 0.717) is 13.1 Å². The maximum atomic E-state index is 12.4. The van der Waals surface area contributed by atoms with Gasteiger partial charge < -0.3 is 21.1 Å². The molecule has 5 rings (SSSR count). The van der Waals surface area contributed by atoms with Gasteiger partial charge in [-0.1, -0.05) is 12.1 Å². The van der Waals surface area contributed by atoms with Crippen LogP contribution in [-0.2, 0) is 11.3 Å². The summed E-state index contributed by atoms with van der Waals surface area (Å²) in [5, 5.41) is 17.8. The number of carboxylic acids is 1. The topological polar surface area (TPSA) is 108 Å². The number of nitrogens with one attached hydrogen (secondary N) is 3. The minimum Gasteiger partial charge on any atom is -0.478 e. The number of amides is 3. The molecule has 0 radical (unpaired) electrons. The van der Waals surface area contributed by atoms with Crippen LogP contribution in [0.5, 0.6) is 0 Å². The molecule has 1 aromatic carbocycles. The fraction of sp³-hybridized carbons (Fsp3) is 0.591. The standard InChI is InChI=1S/C22H29N3O4/c26-19(24-13-14-1-3-18(4-2-14)20(27)28)5-6-23-21(29)25-22-10-15-7-16(11-22)9-17(8-15)12-22/h1-4,15-17H,5-13H2,(H,24,26)(H,27,28)(H2,23,25,29). The Kier molecular flexibility index (Phi) is 5.48. The molecular weight excluding hydrogens is 370 g/mol. The first-order chi connectivity index (χ1) is 13.9. The van der Waals surface area contributed by atoms with E-state index in [4.69, 9.17) is 5.11 Å². The monoisotopic (exact) mass is 399 g/mol. The summed E-state index contributed by atoms with van der Waals surface area (Å²) in [6.45, 7) is 0.625. The van der Waals surface area contributed by atoms with Gasteiger partial charge >= 0.3 is 12.0 Å². The summed E-state index contributed by atoms with van der Waals surface area (Å²) in [7, 11) is 0. The molecule has 0 atom stereocenters. The average molecular weight is 399 g/mol. The van der Waals surface area contributed by atoms with Crippen molar-refractivity contribution in [3.63, 3.8) is 0 Å². The maximum absolute atomic E-state index is 12.4. The Hall–Kier alpha value is -2.57. The van der Waals surface area contributed by atoms with Crippen molar-refractivity contribution in [3.05, 3.63) is 35.4 Å². The van der Waals surface area contributed by atoms with Crippen LogP contribution in [0, 0.1) is 17.8 Å². The molecule has 4 aliphatic carbocycles. The number of carboxylic acid groups (broad SMARTS) is 1. The molecule has 7 nitrogen and oxygen atoms in total. The molecule has 1 aromatic rings. The third kappa shape index (κ3) is 4.71. The Balaban J connectivity index is 1.16. The quantitative estimate of drug-likeness (QED) is 0.565. The van der Waals surface area contributed by atoms with Gasteiger partial charge in [0.15, 0.2) is 0 Å². The second-order valence-electron chi connectivity index (χ2n) is 9.11.